The number of nitrogens with zero attached hydrogens (tertiary/aromatic N) is 1. The Morgan fingerprint density at radius 2 is 1.53 bits per heavy atom. The lowest BCUT2D eigenvalue weighted by Crippen LogP contribution is -2.56. The lowest BCUT2D eigenvalue weighted by Gasteiger charge is -2.28. The second-order valence-electron chi connectivity index (χ2n) is 12.5. The minimum absolute atomic E-state index is 0.0153. The average Bonchev–Trinajstić information content (AvgIpc) is 2.99. The van der Waals surface area contributed by atoms with Crippen LogP contribution in [-0.2, 0) is 25.7 Å². The van der Waals surface area contributed by atoms with Gasteiger partial charge in [0.15, 0.2) is 6.10 Å². The molecule has 0 aliphatic rings. The van der Waals surface area contributed by atoms with Gasteiger partial charge in [-0.15, -0.1) is 0 Å². The van der Waals surface area contributed by atoms with Crippen LogP contribution in [0.4, 0.5) is 0 Å². The molecular weight excluding hydrogens is 576 g/mol. The Balaban J connectivity index is 2.97. The summed E-state index contributed by atoms with van der Waals surface area (Å²) in [7, 11) is 4.75. The van der Waals surface area contributed by atoms with E-state index in [2.05, 4.69) is 22.9 Å². The van der Waals surface area contributed by atoms with Crippen molar-refractivity contribution in [3.8, 4) is 11.5 Å². The van der Waals surface area contributed by atoms with Crippen LogP contribution in [0.2, 0.25) is 0 Å². The van der Waals surface area contributed by atoms with E-state index < -0.39 is 30.0 Å². The maximum atomic E-state index is 13.5. The number of aliphatic hydroxyl groups excluding tert-OH is 1. The van der Waals surface area contributed by atoms with Crippen molar-refractivity contribution in [2.24, 2.45) is 5.92 Å². The number of unbranched alkanes of at least 4 members (excludes halogenated alkanes) is 5. The quantitative estimate of drug-likeness (QED) is 0.141. The topological polar surface area (TPSA) is 146 Å². The van der Waals surface area contributed by atoms with Gasteiger partial charge in [0.05, 0.1) is 20.3 Å². The van der Waals surface area contributed by atoms with Gasteiger partial charge in [0.25, 0.3) is 5.91 Å². The van der Waals surface area contributed by atoms with Crippen molar-refractivity contribution >= 4 is 23.6 Å². The Hall–Kier alpha value is -3.34. The predicted molar refractivity (Wildman–Crippen MR) is 176 cm³/mol. The van der Waals surface area contributed by atoms with E-state index in [1.807, 2.05) is 19.9 Å². The molecule has 0 saturated carbocycles. The summed E-state index contributed by atoms with van der Waals surface area (Å²) in [6.07, 6.45) is 5.39. The fourth-order valence-corrected chi connectivity index (χ4v) is 4.98. The highest BCUT2D eigenvalue weighted by Crippen LogP contribution is 2.25. The molecule has 45 heavy (non-hydrogen) atoms. The number of carbonyl (C=O) groups excluding carboxylic acids is 4. The molecule has 1 rings (SSSR count). The molecule has 4 amide bonds. The lowest BCUT2D eigenvalue weighted by atomic mass is 9.99. The van der Waals surface area contributed by atoms with Gasteiger partial charge in [0, 0.05) is 44.1 Å². The normalized spacial score (nSPS) is 13.1. The number of methoxy groups -OCH3 is 2. The van der Waals surface area contributed by atoms with Crippen LogP contribution in [0.3, 0.4) is 0 Å². The second-order valence-corrected chi connectivity index (χ2v) is 12.5. The van der Waals surface area contributed by atoms with E-state index in [1.165, 1.54) is 11.3 Å². The summed E-state index contributed by atoms with van der Waals surface area (Å²) >= 11 is 0. The highest BCUT2D eigenvalue weighted by molar-refractivity contribution is 5.89. The molecule has 11 nitrogen and oxygen atoms in total. The first-order valence-electron chi connectivity index (χ1n) is 16.4. The summed E-state index contributed by atoms with van der Waals surface area (Å²) in [5.74, 6) is -0.272. The van der Waals surface area contributed by atoms with E-state index in [-0.39, 0.29) is 43.2 Å². The molecule has 0 heterocycles. The third kappa shape index (κ3) is 15.5. The number of aliphatic hydroxyl groups is 1. The van der Waals surface area contributed by atoms with Crippen LogP contribution in [-0.4, -0.2) is 79.1 Å². The van der Waals surface area contributed by atoms with Gasteiger partial charge < -0.3 is 35.4 Å². The van der Waals surface area contributed by atoms with Crippen molar-refractivity contribution in [3.63, 3.8) is 0 Å². The van der Waals surface area contributed by atoms with E-state index in [0.29, 0.717) is 24.3 Å². The molecule has 1 aromatic carbocycles. The lowest BCUT2D eigenvalue weighted by molar-refractivity contribution is -0.136. The van der Waals surface area contributed by atoms with E-state index >= 15 is 0 Å². The van der Waals surface area contributed by atoms with E-state index in [9.17, 15) is 24.3 Å². The Labute approximate surface area is 270 Å². The van der Waals surface area contributed by atoms with Crippen molar-refractivity contribution in [1.82, 2.24) is 20.9 Å². The molecule has 0 fully saturated rings. The van der Waals surface area contributed by atoms with Crippen LogP contribution in [0.5, 0.6) is 11.5 Å². The van der Waals surface area contributed by atoms with Crippen LogP contribution in [0.15, 0.2) is 18.2 Å². The van der Waals surface area contributed by atoms with Gasteiger partial charge in [0.1, 0.15) is 17.5 Å². The number of hydrogen-bond acceptors (Lipinski definition) is 7. The molecule has 0 aliphatic heterocycles. The van der Waals surface area contributed by atoms with Gasteiger partial charge >= 0.3 is 0 Å². The predicted octanol–water partition coefficient (Wildman–Crippen LogP) is 4.09. The number of rotatable bonds is 22. The summed E-state index contributed by atoms with van der Waals surface area (Å²) in [4.78, 5) is 53.6. The number of carbonyl (C=O) groups is 4. The summed E-state index contributed by atoms with van der Waals surface area (Å²) in [6, 6.07) is 3.23. The van der Waals surface area contributed by atoms with E-state index in [0.717, 1.165) is 37.7 Å². The van der Waals surface area contributed by atoms with Crippen LogP contribution in [0.25, 0.3) is 0 Å². The summed E-state index contributed by atoms with van der Waals surface area (Å²) in [6.45, 7) is 9.86. The number of benzene rings is 1. The first kappa shape index (κ1) is 39.7. The minimum atomic E-state index is -1.59. The molecule has 256 valence electrons. The zero-order chi connectivity index (χ0) is 33.9. The maximum Gasteiger partial charge on any atom is 0.251 e. The Bertz CT molecular complexity index is 1060. The fraction of sp³-hybridized carbons (Fsp3) is 0.706. The summed E-state index contributed by atoms with van der Waals surface area (Å²) in [5, 5.41) is 19.3. The van der Waals surface area contributed by atoms with Gasteiger partial charge in [-0.1, -0.05) is 52.9 Å². The van der Waals surface area contributed by atoms with Crippen LogP contribution >= 0.6 is 0 Å². The molecular formula is C34H58N4O7. The highest BCUT2D eigenvalue weighted by atomic mass is 16.5. The van der Waals surface area contributed by atoms with Crippen molar-refractivity contribution in [2.45, 2.75) is 130 Å². The van der Waals surface area contributed by atoms with Crippen molar-refractivity contribution < 1.29 is 33.8 Å². The average molecular weight is 635 g/mol. The third-order valence-electron chi connectivity index (χ3n) is 7.52. The largest absolute Gasteiger partial charge is 0.497 e. The van der Waals surface area contributed by atoms with Crippen LogP contribution in [0, 0.1) is 5.92 Å². The standard InChI is InChI=1S/C34H58N4O7/c1-9-10-11-12-13-14-15-30(39)36-28(20-23(2)3)33(42)37-27(32(41)34(43)35-24(4)5)18-19-31(40)38(6)22-25-16-17-26(44-7)21-29(25)45-8/h16-17,21,23-24,27-28,32,41H,9-15,18-20,22H2,1-8H3,(H,35,43)(H,36,39)(H,37,42)/t27-,28-,32?/m0/s1. The molecule has 0 aliphatic carbocycles. The van der Waals surface area contributed by atoms with Gasteiger partial charge in [-0.25, -0.2) is 0 Å². The van der Waals surface area contributed by atoms with Gasteiger partial charge in [-0.3, -0.25) is 19.2 Å². The molecule has 0 spiro atoms. The Morgan fingerprint density at radius 3 is 2.13 bits per heavy atom. The van der Waals surface area contributed by atoms with Crippen molar-refractivity contribution in [1.29, 1.82) is 0 Å². The van der Waals surface area contributed by atoms with E-state index in [1.54, 1.807) is 47.2 Å². The van der Waals surface area contributed by atoms with Crippen LogP contribution in [0.1, 0.15) is 104 Å². The Morgan fingerprint density at radius 1 is 0.867 bits per heavy atom. The monoisotopic (exact) mass is 634 g/mol. The first-order chi connectivity index (χ1) is 21.3. The zero-order valence-corrected chi connectivity index (χ0v) is 28.7. The number of nitrogens with one attached hydrogen (secondary N) is 3. The van der Waals surface area contributed by atoms with Gasteiger partial charge in [0.2, 0.25) is 17.7 Å². The molecule has 0 aromatic heterocycles. The van der Waals surface area contributed by atoms with Crippen molar-refractivity contribution in [3.05, 3.63) is 23.8 Å². The number of amides is 4. The molecule has 0 bridgehead atoms. The van der Waals surface area contributed by atoms with Crippen LogP contribution < -0.4 is 25.4 Å². The van der Waals surface area contributed by atoms with E-state index in [4.69, 9.17) is 9.47 Å². The summed E-state index contributed by atoms with van der Waals surface area (Å²) in [5.41, 5.74) is 0.781. The fourth-order valence-electron chi connectivity index (χ4n) is 4.98. The SMILES string of the molecule is CCCCCCCCC(=O)N[C@@H](CC(C)C)C(=O)N[C@@H](CCC(=O)N(C)Cc1ccc(OC)cc1OC)C(O)C(=O)NC(C)C. The minimum Gasteiger partial charge on any atom is -0.497 e. The number of ether oxygens (including phenoxy) is 2. The molecule has 1 aromatic rings. The van der Waals surface area contributed by atoms with Gasteiger partial charge in [-0.2, -0.15) is 0 Å². The summed E-state index contributed by atoms with van der Waals surface area (Å²) < 4.78 is 10.7. The molecule has 1 unspecified atom stereocenters. The zero-order valence-electron chi connectivity index (χ0n) is 28.7. The molecule has 11 heteroatoms. The molecule has 3 atom stereocenters. The van der Waals surface area contributed by atoms with Gasteiger partial charge in [-0.05, 0) is 51.2 Å². The molecule has 4 N–H and O–H groups in total. The first-order valence-corrected chi connectivity index (χ1v) is 16.4. The smallest absolute Gasteiger partial charge is 0.251 e. The second kappa shape index (κ2) is 21.4. The molecule has 0 radical (unpaired) electrons. The number of hydrogen-bond donors (Lipinski definition) is 4. The van der Waals surface area contributed by atoms with Crippen molar-refractivity contribution in [2.75, 3.05) is 21.3 Å². The highest BCUT2D eigenvalue weighted by Gasteiger charge is 2.32. The molecule has 0 saturated heterocycles. The maximum absolute atomic E-state index is 13.5. The third-order valence-corrected chi connectivity index (χ3v) is 7.52. The Kier molecular flexibility index (Phi) is 18.9.